The second-order valence-corrected chi connectivity index (χ2v) is 9.02. The second kappa shape index (κ2) is 10.1. The first-order valence-electron chi connectivity index (χ1n) is 11.9. The maximum atomic E-state index is 12.5. The van der Waals surface area contributed by atoms with Crippen molar-refractivity contribution in [1.82, 2.24) is 10.2 Å². The first-order valence-corrected chi connectivity index (χ1v) is 11.9. The molecule has 3 aromatic rings. The van der Waals surface area contributed by atoms with Crippen molar-refractivity contribution in [2.45, 2.75) is 38.4 Å². The fourth-order valence-corrected chi connectivity index (χ4v) is 4.86. The Hall–Kier alpha value is -3.31. The average Bonchev–Trinajstić information content (AvgIpc) is 3.23. The van der Waals surface area contributed by atoms with Gasteiger partial charge < -0.3 is 15.0 Å². The van der Waals surface area contributed by atoms with Crippen LogP contribution in [0.4, 0.5) is 10.5 Å². The Morgan fingerprint density at radius 3 is 2.21 bits per heavy atom. The third-order valence-electron chi connectivity index (χ3n) is 6.63. The van der Waals surface area contributed by atoms with E-state index in [4.69, 9.17) is 4.74 Å². The molecule has 0 aliphatic carbocycles. The van der Waals surface area contributed by atoms with E-state index in [2.05, 4.69) is 69.7 Å². The number of fused-ring (bicyclic) bond motifs is 1. The van der Waals surface area contributed by atoms with Crippen molar-refractivity contribution in [2.75, 3.05) is 24.5 Å². The number of nitrogens with zero attached hydrogens (tertiary/aromatic N) is 2. The fourth-order valence-electron chi connectivity index (χ4n) is 4.86. The summed E-state index contributed by atoms with van der Waals surface area (Å²) in [6.45, 7) is 4.82. The number of carbonyl (C=O) groups excluding carboxylic acids is 1. The van der Waals surface area contributed by atoms with Crippen LogP contribution in [0.1, 0.15) is 29.5 Å². The Morgan fingerprint density at radius 1 is 0.848 bits per heavy atom. The summed E-state index contributed by atoms with van der Waals surface area (Å²) in [6.07, 6.45) is 2.51. The summed E-state index contributed by atoms with van der Waals surface area (Å²) in [5, 5.41) is 3.06. The van der Waals surface area contributed by atoms with E-state index in [0.717, 1.165) is 52.0 Å². The summed E-state index contributed by atoms with van der Waals surface area (Å²) in [5.74, 6) is 0.620. The van der Waals surface area contributed by atoms with Gasteiger partial charge in [-0.2, -0.15) is 0 Å². The number of rotatable bonds is 6. The van der Waals surface area contributed by atoms with Crippen molar-refractivity contribution >= 4 is 11.8 Å². The molecule has 0 spiro atoms. The molecule has 0 bridgehead atoms. The van der Waals surface area contributed by atoms with E-state index < -0.39 is 0 Å². The molecule has 1 amide bonds. The van der Waals surface area contributed by atoms with Gasteiger partial charge in [0.15, 0.2) is 0 Å². The number of benzene rings is 3. The van der Waals surface area contributed by atoms with E-state index in [1.54, 1.807) is 0 Å². The highest BCUT2D eigenvalue weighted by molar-refractivity contribution is 5.71. The predicted molar refractivity (Wildman–Crippen MR) is 132 cm³/mol. The summed E-state index contributed by atoms with van der Waals surface area (Å²) in [7, 11) is 0. The topological polar surface area (TPSA) is 44.8 Å². The third kappa shape index (κ3) is 5.55. The highest BCUT2D eigenvalue weighted by Gasteiger charge is 2.23. The maximum absolute atomic E-state index is 12.5. The minimum atomic E-state index is -0.351. The van der Waals surface area contributed by atoms with Crippen LogP contribution in [-0.2, 0) is 19.5 Å². The molecule has 170 valence electrons. The zero-order chi connectivity index (χ0) is 22.5. The second-order valence-electron chi connectivity index (χ2n) is 9.02. The van der Waals surface area contributed by atoms with Crippen molar-refractivity contribution in [2.24, 2.45) is 0 Å². The average molecular weight is 442 g/mol. The predicted octanol–water partition coefficient (Wildman–Crippen LogP) is 5.00. The van der Waals surface area contributed by atoms with Crippen LogP contribution >= 0.6 is 0 Å². The van der Waals surface area contributed by atoms with Crippen LogP contribution < -0.4 is 15.0 Å². The first-order chi connectivity index (χ1) is 16.2. The third-order valence-corrected chi connectivity index (χ3v) is 6.63. The molecule has 2 aliphatic heterocycles. The molecule has 1 saturated heterocycles. The molecule has 0 unspecified atom stereocenters. The number of anilines is 1. The van der Waals surface area contributed by atoms with E-state index >= 15 is 0 Å². The molecule has 2 heterocycles. The number of ether oxygens (including phenoxy) is 1. The summed E-state index contributed by atoms with van der Waals surface area (Å²) in [5.41, 5.74) is 5.12. The number of carbonyl (C=O) groups is 1. The number of amides is 1. The molecule has 0 radical (unpaired) electrons. The summed E-state index contributed by atoms with van der Waals surface area (Å²) in [4.78, 5) is 17.3. The molecule has 1 fully saturated rings. The van der Waals surface area contributed by atoms with Gasteiger partial charge in [-0.05, 0) is 54.2 Å². The standard InChI is InChI=1S/C28H31N3O2/c32-28(29-25-14-16-30(17-15-25)20-22-7-3-1-4-8-22)33-26-11-12-27-24(19-26)13-18-31(27)21-23-9-5-2-6-10-23/h1-12,19,25H,13-18,20-21H2,(H,29,32). The number of hydrogen-bond acceptors (Lipinski definition) is 4. The quantitative estimate of drug-likeness (QED) is 0.585. The molecule has 1 N–H and O–H groups in total. The lowest BCUT2D eigenvalue weighted by Crippen LogP contribution is -2.45. The van der Waals surface area contributed by atoms with Crippen LogP contribution in [0.25, 0.3) is 0 Å². The van der Waals surface area contributed by atoms with E-state index in [0.29, 0.717) is 5.75 Å². The van der Waals surface area contributed by atoms with Crippen molar-refractivity contribution in [3.05, 3.63) is 95.6 Å². The highest BCUT2D eigenvalue weighted by Crippen LogP contribution is 2.32. The highest BCUT2D eigenvalue weighted by atomic mass is 16.6. The molecule has 5 rings (SSSR count). The maximum Gasteiger partial charge on any atom is 0.412 e. The fraction of sp³-hybridized carbons (Fsp3) is 0.321. The summed E-state index contributed by atoms with van der Waals surface area (Å²) < 4.78 is 5.64. The van der Waals surface area contributed by atoms with Gasteiger partial charge in [-0.25, -0.2) is 4.79 Å². The Balaban J connectivity index is 1.10. The Labute approximate surface area is 196 Å². The van der Waals surface area contributed by atoms with Gasteiger partial charge in [-0.1, -0.05) is 60.7 Å². The molecule has 2 aliphatic rings. The smallest absolute Gasteiger partial charge is 0.410 e. The SMILES string of the molecule is O=C(NC1CCN(Cc2ccccc2)CC1)Oc1ccc2c(c1)CCN2Cc1ccccc1. The number of likely N-dealkylation sites (tertiary alicyclic amines) is 1. The minimum absolute atomic E-state index is 0.167. The van der Waals surface area contributed by atoms with Gasteiger partial charge in [0.2, 0.25) is 0 Å². The van der Waals surface area contributed by atoms with E-state index in [1.807, 2.05) is 24.3 Å². The Kier molecular flexibility index (Phi) is 6.58. The van der Waals surface area contributed by atoms with Gasteiger partial charge in [0.1, 0.15) is 5.75 Å². The van der Waals surface area contributed by atoms with Gasteiger partial charge in [-0.15, -0.1) is 0 Å². The Bertz CT molecular complexity index is 1060. The van der Waals surface area contributed by atoms with E-state index in [-0.39, 0.29) is 12.1 Å². The number of piperidine rings is 1. The van der Waals surface area contributed by atoms with Crippen molar-refractivity contribution in [3.63, 3.8) is 0 Å². The molecule has 0 saturated carbocycles. The van der Waals surface area contributed by atoms with E-state index in [1.165, 1.54) is 22.4 Å². The molecule has 0 atom stereocenters. The van der Waals surface area contributed by atoms with Crippen molar-refractivity contribution in [3.8, 4) is 5.75 Å². The zero-order valence-electron chi connectivity index (χ0n) is 19.0. The number of hydrogen-bond donors (Lipinski definition) is 1. The monoisotopic (exact) mass is 441 g/mol. The van der Waals surface area contributed by atoms with Gasteiger partial charge in [0, 0.05) is 44.5 Å². The summed E-state index contributed by atoms with van der Waals surface area (Å²) >= 11 is 0. The molecule has 0 aromatic heterocycles. The van der Waals surface area contributed by atoms with Crippen LogP contribution in [-0.4, -0.2) is 36.7 Å². The Morgan fingerprint density at radius 2 is 1.52 bits per heavy atom. The molecule has 5 heteroatoms. The molecular weight excluding hydrogens is 410 g/mol. The van der Waals surface area contributed by atoms with Crippen LogP contribution in [0.3, 0.4) is 0 Å². The molecule has 3 aromatic carbocycles. The van der Waals surface area contributed by atoms with Crippen molar-refractivity contribution < 1.29 is 9.53 Å². The normalized spacial score (nSPS) is 16.4. The largest absolute Gasteiger partial charge is 0.412 e. The summed E-state index contributed by atoms with van der Waals surface area (Å²) in [6, 6.07) is 27.2. The molecule has 5 nitrogen and oxygen atoms in total. The zero-order valence-corrected chi connectivity index (χ0v) is 19.0. The van der Waals surface area contributed by atoms with Crippen molar-refractivity contribution in [1.29, 1.82) is 0 Å². The van der Waals surface area contributed by atoms with Gasteiger partial charge in [0.25, 0.3) is 0 Å². The van der Waals surface area contributed by atoms with Crippen LogP contribution in [0.15, 0.2) is 78.9 Å². The molecule has 33 heavy (non-hydrogen) atoms. The van der Waals surface area contributed by atoms with E-state index in [9.17, 15) is 4.79 Å². The van der Waals surface area contributed by atoms with Crippen LogP contribution in [0, 0.1) is 0 Å². The first kappa shape index (κ1) is 21.5. The van der Waals surface area contributed by atoms with Gasteiger partial charge in [-0.3, -0.25) is 4.90 Å². The minimum Gasteiger partial charge on any atom is -0.410 e. The lowest BCUT2D eigenvalue weighted by atomic mass is 10.0. The number of nitrogens with one attached hydrogen (secondary N) is 1. The lowest BCUT2D eigenvalue weighted by molar-refractivity contribution is 0.169. The molecular formula is C28H31N3O2. The van der Waals surface area contributed by atoms with Crippen LogP contribution in [0.2, 0.25) is 0 Å². The van der Waals surface area contributed by atoms with Gasteiger partial charge in [0.05, 0.1) is 0 Å². The van der Waals surface area contributed by atoms with Crippen LogP contribution in [0.5, 0.6) is 5.75 Å². The lowest BCUT2D eigenvalue weighted by Gasteiger charge is -2.32. The van der Waals surface area contributed by atoms with Gasteiger partial charge >= 0.3 is 6.09 Å².